The number of nitrogens with two attached hydrogens (primary N) is 1. The Morgan fingerprint density at radius 3 is 2.53 bits per heavy atom. The highest BCUT2D eigenvalue weighted by molar-refractivity contribution is 6.37. The summed E-state index contributed by atoms with van der Waals surface area (Å²) in [5.41, 5.74) is 4.68. The number of ether oxygens (including phenoxy) is 3. The van der Waals surface area contributed by atoms with Crippen LogP contribution in [0.25, 0.3) is 11.0 Å². The van der Waals surface area contributed by atoms with Gasteiger partial charge in [0, 0.05) is 55.8 Å². The van der Waals surface area contributed by atoms with E-state index in [1.165, 1.54) is 12.8 Å². The molecule has 1 saturated heterocycles. The number of anilines is 2. The topological polar surface area (TPSA) is 111 Å². The van der Waals surface area contributed by atoms with Crippen molar-refractivity contribution in [1.82, 2.24) is 14.9 Å². The summed E-state index contributed by atoms with van der Waals surface area (Å²) in [4.78, 5) is 18.6. The molecule has 0 atom stereocenters. The number of rotatable bonds is 11. The third-order valence-electron chi connectivity index (χ3n) is 6.89. The van der Waals surface area contributed by atoms with Gasteiger partial charge in [0.2, 0.25) is 0 Å². The largest absolute Gasteiger partial charge is 0.497 e. The van der Waals surface area contributed by atoms with Crippen LogP contribution in [0.2, 0.25) is 0 Å². The molecular formula is C28H35N7O3. The molecule has 0 amide bonds. The van der Waals surface area contributed by atoms with E-state index in [0.717, 1.165) is 73.3 Å². The standard InChI is InChI=1S/C28H35N7O3/c1-36-23-13-22(14-24(16-23)37-2)35(19-20-3-4-20)21-5-6-25-26(15-21)32-27(18-31-25)28(33-29)17-30-7-8-34-9-11-38-12-10-34/h5-6,13-18,20H,3-4,7-12,19,29H2,1-2H3. The Morgan fingerprint density at radius 2 is 1.84 bits per heavy atom. The monoisotopic (exact) mass is 517 g/mol. The Hall–Kier alpha value is -3.76. The fraction of sp³-hybridized carbons (Fsp3) is 0.429. The van der Waals surface area contributed by atoms with E-state index in [0.29, 0.717) is 23.9 Å². The van der Waals surface area contributed by atoms with Crippen LogP contribution in [0, 0.1) is 5.92 Å². The van der Waals surface area contributed by atoms with Crippen LogP contribution in [0.15, 0.2) is 52.7 Å². The van der Waals surface area contributed by atoms with Crippen molar-refractivity contribution in [2.75, 3.05) is 65.1 Å². The van der Waals surface area contributed by atoms with E-state index in [9.17, 15) is 0 Å². The van der Waals surface area contributed by atoms with Crippen LogP contribution < -0.4 is 20.2 Å². The molecule has 2 aromatic carbocycles. The van der Waals surface area contributed by atoms with E-state index in [1.54, 1.807) is 26.6 Å². The summed E-state index contributed by atoms with van der Waals surface area (Å²) >= 11 is 0. The van der Waals surface area contributed by atoms with E-state index >= 15 is 0 Å². The molecule has 38 heavy (non-hydrogen) atoms. The van der Waals surface area contributed by atoms with E-state index in [2.05, 4.69) is 37.0 Å². The first kappa shape index (κ1) is 25.9. The number of hydrazone groups is 1. The van der Waals surface area contributed by atoms with Gasteiger partial charge in [-0.3, -0.25) is 14.9 Å². The number of methoxy groups -OCH3 is 2. The number of aromatic nitrogens is 2. The smallest absolute Gasteiger partial charge is 0.128 e. The number of aliphatic imine (C=N–C) groups is 1. The van der Waals surface area contributed by atoms with Crippen molar-refractivity contribution < 1.29 is 14.2 Å². The van der Waals surface area contributed by atoms with Crippen molar-refractivity contribution >= 4 is 34.3 Å². The molecule has 2 heterocycles. The molecule has 10 nitrogen and oxygen atoms in total. The first-order valence-corrected chi connectivity index (χ1v) is 13.0. The molecule has 1 aromatic heterocycles. The van der Waals surface area contributed by atoms with Crippen molar-refractivity contribution in [3.8, 4) is 11.5 Å². The van der Waals surface area contributed by atoms with Crippen molar-refractivity contribution in [2.45, 2.75) is 12.8 Å². The molecule has 2 fully saturated rings. The van der Waals surface area contributed by atoms with Crippen molar-refractivity contribution in [3.05, 3.63) is 48.3 Å². The molecule has 0 unspecified atom stereocenters. The van der Waals surface area contributed by atoms with Crippen LogP contribution in [0.1, 0.15) is 18.5 Å². The number of morpholine rings is 1. The summed E-state index contributed by atoms with van der Waals surface area (Å²) in [6.07, 6.45) is 5.84. The zero-order chi connectivity index (χ0) is 26.3. The van der Waals surface area contributed by atoms with Gasteiger partial charge in [-0.25, -0.2) is 4.98 Å². The van der Waals surface area contributed by atoms with Crippen LogP contribution in [0.4, 0.5) is 11.4 Å². The Balaban J connectivity index is 1.39. The van der Waals surface area contributed by atoms with E-state index in [-0.39, 0.29) is 0 Å². The minimum atomic E-state index is 0.499. The van der Waals surface area contributed by atoms with Crippen LogP contribution in [0.3, 0.4) is 0 Å². The SMILES string of the molecule is COc1cc(OC)cc(N(CC2CC2)c2ccc3ncc(C(C=NCCN4CCOCC4)=NN)nc3c2)c1. The predicted octanol–water partition coefficient (Wildman–Crippen LogP) is 3.26. The molecular weight excluding hydrogens is 482 g/mol. The molecule has 1 aliphatic carbocycles. The fourth-order valence-electron chi connectivity index (χ4n) is 4.50. The Labute approximate surface area is 223 Å². The summed E-state index contributed by atoms with van der Waals surface area (Å²) in [6.45, 7) is 5.86. The maximum absolute atomic E-state index is 5.71. The quantitative estimate of drug-likeness (QED) is 0.234. The lowest BCUT2D eigenvalue weighted by atomic mass is 10.1. The van der Waals surface area contributed by atoms with E-state index in [1.807, 2.05) is 24.3 Å². The average Bonchev–Trinajstić information content (AvgIpc) is 3.80. The van der Waals surface area contributed by atoms with Crippen molar-refractivity contribution in [1.29, 1.82) is 0 Å². The van der Waals surface area contributed by atoms with Gasteiger partial charge in [-0.1, -0.05) is 0 Å². The van der Waals surface area contributed by atoms with Gasteiger partial charge in [-0.15, -0.1) is 0 Å². The molecule has 1 aliphatic heterocycles. The van der Waals surface area contributed by atoms with Crippen molar-refractivity contribution in [3.63, 3.8) is 0 Å². The van der Waals surface area contributed by atoms with Gasteiger partial charge in [0.05, 0.1) is 57.4 Å². The molecule has 0 spiro atoms. The highest BCUT2D eigenvalue weighted by atomic mass is 16.5. The highest BCUT2D eigenvalue weighted by Gasteiger charge is 2.26. The second kappa shape index (κ2) is 12.2. The van der Waals surface area contributed by atoms with Gasteiger partial charge in [0.1, 0.15) is 22.9 Å². The Kier molecular flexibility index (Phi) is 8.30. The number of hydrogen-bond acceptors (Lipinski definition) is 10. The first-order valence-electron chi connectivity index (χ1n) is 13.0. The maximum Gasteiger partial charge on any atom is 0.128 e. The molecule has 3 aromatic rings. The first-order chi connectivity index (χ1) is 18.7. The van der Waals surface area contributed by atoms with Gasteiger partial charge >= 0.3 is 0 Å². The molecule has 1 saturated carbocycles. The van der Waals surface area contributed by atoms with Gasteiger partial charge < -0.3 is 25.0 Å². The Bertz CT molecular complexity index is 1280. The molecule has 200 valence electrons. The van der Waals surface area contributed by atoms with Crippen LogP contribution >= 0.6 is 0 Å². The molecule has 2 aliphatic rings. The molecule has 10 heteroatoms. The zero-order valence-electron chi connectivity index (χ0n) is 22.0. The summed E-state index contributed by atoms with van der Waals surface area (Å²) < 4.78 is 16.5. The maximum atomic E-state index is 5.71. The fourth-order valence-corrected chi connectivity index (χ4v) is 4.50. The summed E-state index contributed by atoms with van der Waals surface area (Å²) in [5.74, 6) is 7.87. The second-order valence-corrected chi connectivity index (χ2v) is 9.56. The summed E-state index contributed by atoms with van der Waals surface area (Å²) in [5, 5.41) is 3.93. The van der Waals surface area contributed by atoms with E-state index in [4.69, 9.17) is 25.0 Å². The zero-order valence-corrected chi connectivity index (χ0v) is 22.0. The molecule has 2 N–H and O–H groups in total. The number of hydrogen-bond donors (Lipinski definition) is 1. The van der Waals surface area contributed by atoms with Gasteiger partial charge in [0.25, 0.3) is 0 Å². The molecule has 0 radical (unpaired) electrons. The summed E-state index contributed by atoms with van der Waals surface area (Å²) in [6, 6.07) is 12.1. The summed E-state index contributed by atoms with van der Waals surface area (Å²) in [7, 11) is 3.33. The lowest BCUT2D eigenvalue weighted by molar-refractivity contribution is 0.0395. The lowest BCUT2D eigenvalue weighted by Crippen LogP contribution is -2.37. The normalized spacial score (nSPS) is 16.7. The van der Waals surface area contributed by atoms with Crippen LogP contribution in [-0.4, -0.2) is 87.0 Å². The van der Waals surface area contributed by atoms with Crippen molar-refractivity contribution in [2.24, 2.45) is 21.9 Å². The third-order valence-corrected chi connectivity index (χ3v) is 6.89. The molecule has 5 rings (SSSR count). The number of nitrogens with zero attached hydrogens (tertiary/aromatic N) is 6. The van der Waals surface area contributed by atoms with Crippen LogP contribution in [0.5, 0.6) is 11.5 Å². The van der Waals surface area contributed by atoms with Gasteiger partial charge in [-0.2, -0.15) is 5.10 Å². The van der Waals surface area contributed by atoms with Gasteiger partial charge in [0.15, 0.2) is 0 Å². The lowest BCUT2D eigenvalue weighted by Gasteiger charge is -2.26. The Morgan fingerprint density at radius 1 is 1.08 bits per heavy atom. The number of fused-ring (bicyclic) bond motifs is 1. The predicted molar refractivity (Wildman–Crippen MR) is 150 cm³/mol. The third kappa shape index (κ3) is 6.38. The minimum absolute atomic E-state index is 0.499. The highest BCUT2D eigenvalue weighted by Crippen LogP contribution is 2.38. The average molecular weight is 518 g/mol. The second-order valence-electron chi connectivity index (χ2n) is 9.56. The number of benzene rings is 2. The van der Waals surface area contributed by atoms with Crippen LogP contribution in [-0.2, 0) is 4.74 Å². The molecule has 0 bridgehead atoms. The van der Waals surface area contributed by atoms with E-state index < -0.39 is 0 Å². The minimum Gasteiger partial charge on any atom is -0.497 e. The van der Waals surface area contributed by atoms with Gasteiger partial charge in [-0.05, 0) is 37.0 Å².